The van der Waals surface area contributed by atoms with Crippen LogP contribution >= 0.6 is 15.9 Å². The highest BCUT2D eigenvalue weighted by atomic mass is 79.9. The summed E-state index contributed by atoms with van der Waals surface area (Å²) in [6.07, 6.45) is 2.40. The van der Waals surface area contributed by atoms with E-state index in [0.29, 0.717) is 6.04 Å². The molecule has 0 amide bonds. The van der Waals surface area contributed by atoms with Gasteiger partial charge in [0.25, 0.3) is 0 Å². The van der Waals surface area contributed by atoms with Crippen molar-refractivity contribution in [2.24, 2.45) is 0 Å². The fourth-order valence-electron chi connectivity index (χ4n) is 2.06. The second kappa shape index (κ2) is 5.06. The molecule has 1 aromatic carbocycles. The van der Waals surface area contributed by atoms with Crippen LogP contribution in [-0.4, -0.2) is 20.8 Å². The van der Waals surface area contributed by atoms with E-state index < -0.39 is 0 Å². The predicted molar refractivity (Wildman–Crippen MR) is 67.2 cm³/mol. The largest absolute Gasteiger partial charge is 0.495 e. The average molecular weight is 286 g/mol. The number of methoxy groups -OCH3 is 2. The van der Waals surface area contributed by atoms with E-state index >= 15 is 0 Å². The van der Waals surface area contributed by atoms with E-state index in [-0.39, 0.29) is 0 Å². The molecule has 1 fully saturated rings. The minimum absolute atomic E-state index is 0.427. The Labute approximate surface area is 104 Å². The van der Waals surface area contributed by atoms with Crippen LogP contribution in [0.5, 0.6) is 11.5 Å². The third-order valence-electron chi connectivity index (χ3n) is 2.93. The van der Waals surface area contributed by atoms with Crippen molar-refractivity contribution in [1.29, 1.82) is 0 Å². The minimum atomic E-state index is 0.427. The van der Waals surface area contributed by atoms with Gasteiger partial charge in [0, 0.05) is 6.04 Å². The first-order valence-electron chi connectivity index (χ1n) is 5.41. The monoisotopic (exact) mass is 285 g/mol. The molecule has 1 saturated heterocycles. The highest BCUT2D eigenvalue weighted by molar-refractivity contribution is 9.10. The van der Waals surface area contributed by atoms with Crippen LogP contribution in [0.2, 0.25) is 0 Å². The topological polar surface area (TPSA) is 30.5 Å². The molecular weight excluding hydrogens is 270 g/mol. The standard InChI is InChI=1S/C12H16BrNO2/c1-15-10-6-8(9-4-3-5-14-9)7-11(16-2)12(10)13/h6-7,9,14H,3-5H2,1-2H3/t9-/m1/s1. The number of benzene rings is 1. The van der Waals surface area contributed by atoms with Crippen LogP contribution in [-0.2, 0) is 0 Å². The normalized spacial score (nSPS) is 19.8. The molecule has 1 N–H and O–H groups in total. The molecule has 1 atom stereocenters. The number of hydrogen-bond acceptors (Lipinski definition) is 3. The Hall–Kier alpha value is -0.740. The van der Waals surface area contributed by atoms with E-state index in [1.54, 1.807) is 14.2 Å². The van der Waals surface area contributed by atoms with Gasteiger partial charge in [0.15, 0.2) is 0 Å². The number of halogens is 1. The van der Waals surface area contributed by atoms with Gasteiger partial charge in [-0.1, -0.05) is 0 Å². The smallest absolute Gasteiger partial charge is 0.137 e. The molecular formula is C12H16BrNO2. The first-order valence-corrected chi connectivity index (χ1v) is 6.20. The van der Waals surface area contributed by atoms with Gasteiger partial charge in [0.05, 0.1) is 14.2 Å². The number of nitrogens with one attached hydrogen (secondary N) is 1. The van der Waals surface area contributed by atoms with Crippen molar-refractivity contribution in [3.8, 4) is 11.5 Å². The van der Waals surface area contributed by atoms with Crippen LogP contribution in [0.15, 0.2) is 16.6 Å². The summed E-state index contributed by atoms with van der Waals surface area (Å²) in [4.78, 5) is 0. The van der Waals surface area contributed by atoms with Gasteiger partial charge >= 0.3 is 0 Å². The first kappa shape index (κ1) is 11.7. The molecule has 0 saturated carbocycles. The lowest BCUT2D eigenvalue weighted by Gasteiger charge is -2.15. The van der Waals surface area contributed by atoms with E-state index in [2.05, 4.69) is 33.4 Å². The lowest BCUT2D eigenvalue weighted by Crippen LogP contribution is -2.13. The molecule has 0 bridgehead atoms. The third kappa shape index (κ3) is 2.18. The van der Waals surface area contributed by atoms with Crippen molar-refractivity contribution in [3.63, 3.8) is 0 Å². The van der Waals surface area contributed by atoms with Gasteiger partial charge in [0.2, 0.25) is 0 Å². The highest BCUT2D eigenvalue weighted by Gasteiger charge is 2.19. The van der Waals surface area contributed by atoms with Crippen LogP contribution < -0.4 is 14.8 Å². The van der Waals surface area contributed by atoms with Crippen molar-refractivity contribution >= 4 is 15.9 Å². The molecule has 2 rings (SSSR count). The number of ether oxygens (including phenoxy) is 2. The molecule has 0 spiro atoms. The molecule has 0 radical (unpaired) electrons. The van der Waals surface area contributed by atoms with Crippen LogP contribution in [0, 0.1) is 0 Å². The van der Waals surface area contributed by atoms with Crippen molar-refractivity contribution < 1.29 is 9.47 Å². The van der Waals surface area contributed by atoms with Gasteiger partial charge in [-0.25, -0.2) is 0 Å². The molecule has 0 aromatic heterocycles. The van der Waals surface area contributed by atoms with Crippen LogP contribution in [0.25, 0.3) is 0 Å². The maximum atomic E-state index is 5.33. The van der Waals surface area contributed by atoms with Gasteiger partial charge in [-0.3, -0.25) is 0 Å². The van der Waals surface area contributed by atoms with Gasteiger partial charge in [-0.2, -0.15) is 0 Å². The average Bonchev–Trinajstić information content (AvgIpc) is 2.83. The second-order valence-electron chi connectivity index (χ2n) is 3.89. The zero-order valence-electron chi connectivity index (χ0n) is 9.55. The number of rotatable bonds is 3. The Kier molecular flexibility index (Phi) is 3.71. The number of hydrogen-bond donors (Lipinski definition) is 1. The maximum absolute atomic E-state index is 5.33. The van der Waals surface area contributed by atoms with E-state index in [4.69, 9.17) is 9.47 Å². The zero-order chi connectivity index (χ0) is 11.5. The summed E-state index contributed by atoms with van der Waals surface area (Å²) in [7, 11) is 3.34. The summed E-state index contributed by atoms with van der Waals surface area (Å²) in [5.74, 6) is 1.64. The summed E-state index contributed by atoms with van der Waals surface area (Å²) in [5.41, 5.74) is 1.23. The maximum Gasteiger partial charge on any atom is 0.137 e. The molecule has 0 aliphatic carbocycles. The Balaban J connectivity index is 2.37. The quantitative estimate of drug-likeness (QED) is 0.926. The predicted octanol–water partition coefficient (Wildman–Crippen LogP) is 2.89. The molecule has 0 unspecified atom stereocenters. The summed E-state index contributed by atoms with van der Waals surface area (Å²) < 4.78 is 11.5. The van der Waals surface area contributed by atoms with Gasteiger partial charge < -0.3 is 14.8 Å². The van der Waals surface area contributed by atoms with Crippen LogP contribution in [0.3, 0.4) is 0 Å². The van der Waals surface area contributed by atoms with E-state index in [0.717, 1.165) is 22.5 Å². The second-order valence-corrected chi connectivity index (χ2v) is 4.68. The minimum Gasteiger partial charge on any atom is -0.495 e. The summed E-state index contributed by atoms with van der Waals surface area (Å²) >= 11 is 3.47. The Morgan fingerprint density at radius 1 is 1.25 bits per heavy atom. The molecule has 16 heavy (non-hydrogen) atoms. The Morgan fingerprint density at radius 3 is 2.31 bits per heavy atom. The third-order valence-corrected chi connectivity index (χ3v) is 3.71. The molecule has 3 nitrogen and oxygen atoms in total. The lowest BCUT2D eigenvalue weighted by molar-refractivity contribution is 0.387. The Morgan fingerprint density at radius 2 is 1.88 bits per heavy atom. The lowest BCUT2D eigenvalue weighted by atomic mass is 10.0. The fraction of sp³-hybridized carbons (Fsp3) is 0.500. The summed E-state index contributed by atoms with van der Waals surface area (Å²) in [6.45, 7) is 1.09. The van der Waals surface area contributed by atoms with Gasteiger partial charge in [-0.15, -0.1) is 0 Å². The van der Waals surface area contributed by atoms with Crippen LogP contribution in [0.1, 0.15) is 24.4 Å². The van der Waals surface area contributed by atoms with Crippen molar-refractivity contribution in [2.75, 3.05) is 20.8 Å². The SMILES string of the molecule is COc1cc([C@H]2CCCN2)cc(OC)c1Br. The molecule has 1 aliphatic rings. The summed E-state index contributed by atoms with van der Waals surface area (Å²) in [5, 5.41) is 3.47. The van der Waals surface area contributed by atoms with Crippen molar-refractivity contribution in [3.05, 3.63) is 22.2 Å². The van der Waals surface area contributed by atoms with Crippen molar-refractivity contribution in [1.82, 2.24) is 5.32 Å². The van der Waals surface area contributed by atoms with Crippen LogP contribution in [0.4, 0.5) is 0 Å². The molecule has 88 valence electrons. The van der Waals surface area contributed by atoms with E-state index in [9.17, 15) is 0 Å². The van der Waals surface area contributed by atoms with Gasteiger partial charge in [0.1, 0.15) is 16.0 Å². The molecule has 1 aliphatic heterocycles. The fourth-order valence-corrected chi connectivity index (χ4v) is 2.61. The van der Waals surface area contributed by atoms with E-state index in [1.807, 2.05) is 0 Å². The van der Waals surface area contributed by atoms with E-state index in [1.165, 1.54) is 18.4 Å². The van der Waals surface area contributed by atoms with Gasteiger partial charge in [-0.05, 0) is 53.0 Å². The summed E-state index contributed by atoms with van der Waals surface area (Å²) in [6, 6.07) is 4.56. The molecule has 1 heterocycles. The molecule has 4 heteroatoms. The highest BCUT2D eigenvalue weighted by Crippen LogP contribution is 2.38. The first-order chi connectivity index (χ1) is 7.76. The molecule has 1 aromatic rings. The Bertz CT molecular complexity index is 350. The zero-order valence-corrected chi connectivity index (χ0v) is 11.1. The van der Waals surface area contributed by atoms with Crippen molar-refractivity contribution in [2.45, 2.75) is 18.9 Å².